The zero-order valence-corrected chi connectivity index (χ0v) is 8.95. The van der Waals surface area contributed by atoms with Crippen LogP contribution in [0.15, 0.2) is 11.2 Å². The van der Waals surface area contributed by atoms with Gasteiger partial charge in [-0.2, -0.15) is 0 Å². The molecule has 0 radical (unpaired) electrons. The molecule has 3 amide bonds. The number of nitrogens with one attached hydrogen (secondary N) is 1. The standard InChI is InChI=1S/C7H10N6O2S/c8-3-1-4(9)12-7(11-3)16-2-5(14)13-6(10)15/h1H,2H2,(H4,8,9,11,12)(H3,10,13,14,15). The number of nitrogen functional groups attached to an aromatic ring is 2. The van der Waals surface area contributed by atoms with Crippen molar-refractivity contribution in [3.05, 3.63) is 6.07 Å². The maximum absolute atomic E-state index is 11.0. The van der Waals surface area contributed by atoms with E-state index in [9.17, 15) is 9.59 Å². The molecular weight excluding hydrogens is 232 g/mol. The molecule has 1 aromatic heterocycles. The Morgan fingerprint density at radius 3 is 2.38 bits per heavy atom. The molecule has 86 valence electrons. The van der Waals surface area contributed by atoms with Crippen molar-refractivity contribution in [2.24, 2.45) is 5.73 Å². The maximum Gasteiger partial charge on any atom is 0.318 e. The van der Waals surface area contributed by atoms with Crippen LogP contribution in [0.1, 0.15) is 0 Å². The number of nitrogens with zero attached hydrogens (tertiary/aromatic N) is 2. The van der Waals surface area contributed by atoms with E-state index in [1.807, 2.05) is 5.32 Å². The second kappa shape index (κ2) is 5.16. The van der Waals surface area contributed by atoms with Crippen molar-refractivity contribution >= 4 is 35.3 Å². The molecule has 0 saturated carbocycles. The maximum atomic E-state index is 11.0. The monoisotopic (exact) mass is 242 g/mol. The molecule has 1 rings (SSSR count). The van der Waals surface area contributed by atoms with Gasteiger partial charge in [0, 0.05) is 6.07 Å². The normalized spacial score (nSPS) is 9.75. The third-order valence-corrected chi connectivity index (χ3v) is 2.19. The minimum absolute atomic E-state index is 0.0498. The summed E-state index contributed by atoms with van der Waals surface area (Å²) in [4.78, 5) is 29.1. The Balaban J connectivity index is 2.54. The molecule has 0 aliphatic heterocycles. The molecule has 0 aliphatic rings. The number of hydrogen-bond donors (Lipinski definition) is 4. The summed E-state index contributed by atoms with van der Waals surface area (Å²) in [6.45, 7) is 0. The van der Waals surface area contributed by atoms with Crippen molar-refractivity contribution in [3.63, 3.8) is 0 Å². The largest absolute Gasteiger partial charge is 0.383 e. The van der Waals surface area contributed by atoms with Gasteiger partial charge in [0.2, 0.25) is 5.91 Å². The number of aromatic nitrogens is 2. The highest BCUT2D eigenvalue weighted by molar-refractivity contribution is 7.99. The van der Waals surface area contributed by atoms with Gasteiger partial charge < -0.3 is 17.2 Å². The Kier molecular flexibility index (Phi) is 3.89. The lowest BCUT2D eigenvalue weighted by Crippen LogP contribution is -2.36. The highest BCUT2D eigenvalue weighted by atomic mass is 32.2. The minimum atomic E-state index is -0.904. The highest BCUT2D eigenvalue weighted by Crippen LogP contribution is 2.15. The van der Waals surface area contributed by atoms with Crippen LogP contribution in [-0.4, -0.2) is 27.7 Å². The summed E-state index contributed by atoms with van der Waals surface area (Å²) in [5.74, 6) is -0.163. The zero-order valence-electron chi connectivity index (χ0n) is 8.14. The first-order chi connectivity index (χ1) is 7.47. The molecule has 0 unspecified atom stereocenters. The molecule has 1 aromatic rings. The molecule has 7 N–H and O–H groups in total. The van der Waals surface area contributed by atoms with Crippen molar-refractivity contribution in [2.75, 3.05) is 17.2 Å². The van der Waals surface area contributed by atoms with Crippen molar-refractivity contribution in [1.82, 2.24) is 15.3 Å². The van der Waals surface area contributed by atoms with Gasteiger partial charge in [-0.05, 0) is 0 Å². The Morgan fingerprint density at radius 2 is 1.88 bits per heavy atom. The molecule has 0 spiro atoms. The minimum Gasteiger partial charge on any atom is -0.383 e. The topological polar surface area (TPSA) is 150 Å². The van der Waals surface area contributed by atoms with Gasteiger partial charge in [-0.1, -0.05) is 11.8 Å². The van der Waals surface area contributed by atoms with Gasteiger partial charge in [0.05, 0.1) is 5.75 Å². The molecule has 9 heteroatoms. The average molecular weight is 242 g/mol. The van der Waals surface area contributed by atoms with E-state index in [2.05, 4.69) is 9.97 Å². The summed E-state index contributed by atoms with van der Waals surface area (Å²) in [7, 11) is 0. The SMILES string of the molecule is NC(=O)NC(=O)CSc1nc(N)cc(N)n1. The predicted molar refractivity (Wildman–Crippen MR) is 59.3 cm³/mol. The van der Waals surface area contributed by atoms with E-state index >= 15 is 0 Å². The van der Waals surface area contributed by atoms with E-state index in [0.29, 0.717) is 0 Å². The molecular formula is C7H10N6O2S. The lowest BCUT2D eigenvalue weighted by atomic mass is 10.5. The van der Waals surface area contributed by atoms with E-state index < -0.39 is 11.9 Å². The number of urea groups is 1. The Labute approximate surface area is 95.0 Å². The summed E-state index contributed by atoms with van der Waals surface area (Å²) >= 11 is 0.997. The Bertz CT molecular complexity index is 403. The third kappa shape index (κ3) is 4.00. The number of hydrogen-bond acceptors (Lipinski definition) is 7. The molecule has 0 saturated heterocycles. The first kappa shape index (κ1) is 12.0. The number of imide groups is 1. The molecule has 0 fully saturated rings. The van der Waals surface area contributed by atoms with Crippen LogP contribution >= 0.6 is 11.8 Å². The number of anilines is 2. The van der Waals surface area contributed by atoms with Gasteiger partial charge in [-0.15, -0.1) is 0 Å². The van der Waals surface area contributed by atoms with Crippen molar-refractivity contribution in [3.8, 4) is 0 Å². The number of carbonyl (C=O) groups excluding carboxylic acids is 2. The highest BCUT2D eigenvalue weighted by Gasteiger charge is 2.07. The van der Waals surface area contributed by atoms with Crippen LogP contribution in [-0.2, 0) is 4.79 Å². The average Bonchev–Trinajstić information content (AvgIpc) is 2.12. The smallest absolute Gasteiger partial charge is 0.318 e. The Morgan fingerprint density at radius 1 is 1.31 bits per heavy atom. The van der Waals surface area contributed by atoms with Crippen LogP contribution < -0.4 is 22.5 Å². The fraction of sp³-hybridized carbons (Fsp3) is 0.143. The van der Waals surface area contributed by atoms with Crippen LogP contribution in [0, 0.1) is 0 Å². The van der Waals surface area contributed by atoms with Gasteiger partial charge in [-0.25, -0.2) is 14.8 Å². The number of nitrogens with two attached hydrogens (primary N) is 3. The molecule has 0 aliphatic carbocycles. The van der Waals surface area contributed by atoms with Crippen LogP contribution in [0.3, 0.4) is 0 Å². The zero-order chi connectivity index (χ0) is 12.1. The second-order valence-corrected chi connectivity index (χ2v) is 3.64. The number of amides is 3. The predicted octanol–water partition coefficient (Wildman–Crippen LogP) is -1.07. The number of carbonyl (C=O) groups is 2. The van der Waals surface area contributed by atoms with Crippen LogP contribution in [0.5, 0.6) is 0 Å². The summed E-state index contributed by atoms with van der Waals surface area (Å²) in [5, 5.41) is 2.16. The summed E-state index contributed by atoms with van der Waals surface area (Å²) in [6, 6.07) is 0.492. The van der Waals surface area contributed by atoms with Gasteiger partial charge in [0.15, 0.2) is 5.16 Å². The van der Waals surface area contributed by atoms with Crippen molar-refractivity contribution in [2.45, 2.75) is 5.16 Å². The number of primary amides is 1. The quantitative estimate of drug-likeness (QED) is 0.389. The Hall–Kier alpha value is -2.03. The molecule has 0 bridgehead atoms. The lowest BCUT2D eigenvalue weighted by Gasteiger charge is -2.02. The van der Waals surface area contributed by atoms with E-state index in [-0.39, 0.29) is 22.5 Å². The summed E-state index contributed by atoms with van der Waals surface area (Å²) in [6.07, 6.45) is 0. The molecule has 0 atom stereocenters. The third-order valence-electron chi connectivity index (χ3n) is 1.34. The molecule has 16 heavy (non-hydrogen) atoms. The molecule has 8 nitrogen and oxygen atoms in total. The van der Waals surface area contributed by atoms with E-state index in [1.165, 1.54) is 6.07 Å². The first-order valence-corrected chi connectivity index (χ1v) is 5.08. The van der Waals surface area contributed by atoms with Crippen molar-refractivity contribution < 1.29 is 9.59 Å². The van der Waals surface area contributed by atoms with Crippen LogP contribution in [0.25, 0.3) is 0 Å². The van der Waals surface area contributed by atoms with Gasteiger partial charge in [-0.3, -0.25) is 10.1 Å². The van der Waals surface area contributed by atoms with Crippen LogP contribution in [0.2, 0.25) is 0 Å². The summed E-state index contributed by atoms with van der Waals surface area (Å²) < 4.78 is 0. The van der Waals surface area contributed by atoms with E-state index in [0.717, 1.165) is 11.8 Å². The van der Waals surface area contributed by atoms with Gasteiger partial charge >= 0.3 is 6.03 Å². The van der Waals surface area contributed by atoms with Gasteiger partial charge in [0.25, 0.3) is 0 Å². The number of rotatable bonds is 3. The van der Waals surface area contributed by atoms with E-state index in [4.69, 9.17) is 17.2 Å². The van der Waals surface area contributed by atoms with Gasteiger partial charge in [0.1, 0.15) is 11.6 Å². The molecule has 1 heterocycles. The molecule has 0 aromatic carbocycles. The lowest BCUT2D eigenvalue weighted by molar-refractivity contribution is -0.117. The fourth-order valence-electron chi connectivity index (χ4n) is 0.830. The second-order valence-electron chi connectivity index (χ2n) is 2.70. The van der Waals surface area contributed by atoms with Crippen LogP contribution in [0.4, 0.5) is 16.4 Å². The first-order valence-electron chi connectivity index (χ1n) is 4.09. The number of thioether (sulfide) groups is 1. The van der Waals surface area contributed by atoms with E-state index in [1.54, 1.807) is 0 Å². The van der Waals surface area contributed by atoms with Crippen molar-refractivity contribution in [1.29, 1.82) is 0 Å². The fourth-order valence-corrected chi connectivity index (χ4v) is 1.50. The summed E-state index contributed by atoms with van der Waals surface area (Å²) in [5.41, 5.74) is 15.6.